The Morgan fingerprint density at radius 3 is 2.71 bits per heavy atom. The topological polar surface area (TPSA) is 127 Å². The first-order valence-corrected chi connectivity index (χ1v) is 14.2. The van der Waals surface area contributed by atoms with E-state index in [-0.39, 0.29) is 24.3 Å². The molecule has 3 amide bonds. The van der Waals surface area contributed by atoms with Gasteiger partial charge in [0.2, 0.25) is 11.8 Å². The molecule has 1 fully saturated rings. The van der Waals surface area contributed by atoms with Crippen molar-refractivity contribution in [1.29, 1.82) is 0 Å². The van der Waals surface area contributed by atoms with Gasteiger partial charge in [-0.15, -0.1) is 11.3 Å². The standard InChI is InChI=1S/C26H33Cl2N5O4S/c1-26(2,3)37-25(36)32-19(12-14-6-8-16(27)17(28)11-14)23(35)33-10-4-5-20(33)22(34)30-15-7-9-18-21(13-15)38-24(29)31-18/h6,8,11,15,19-20H,4-5,7,9-10,12-13H2,1-3H3,(H2,29,31)(H,30,34)(H,32,36). The molecule has 4 N–H and O–H groups in total. The summed E-state index contributed by atoms with van der Waals surface area (Å²) in [5.74, 6) is -0.534. The second kappa shape index (κ2) is 11.7. The van der Waals surface area contributed by atoms with Gasteiger partial charge in [-0.1, -0.05) is 29.3 Å². The van der Waals surface area contributed by atoms with Gasteiger partial charge in [-0.2, -0.15) is 0 Å². The molecule has 1 aromatic heterocycles. The molecule has 1 aliphatic heterocycles. The van der Waals surface area contributed by atoms with E-state index in [0.29, 0.717) is 41.0 Å². The average molecular weight is 583 g/mol. The van der Waals surface area contributed by atoms with E-state index in [1.807, 2.05) is 0 Å². The number of carbonyl (C=O) groups excluding carboxylic acids is 3. The minimum absolute atomic E-state index is 0.0423. The number of nitrogens with two attached hydrogens (primary N) is 1. The maximum atomic E-state index is 13.8. The van der Waals surface area contributed by atoms with Crippen LogP contribution in [0.4, 0.5) is 9.93 Å². The van der Waals surface area contributed by atoms with Gasteiger partial charge in [0.05, 0.1) is 15.7 Å². The van der Waals surface area contributed by atoms with Gasteiger partial charge < -0.3 is 26.0 Å². The number of amides is 3. The summed E-state index contributed by atoms with van der Waals surface area (Å²) in [5.41, 5.74) is 6.84. The summed E-state index contributed by atoms with van der Waals surface area (Å²) >= 11 is 13.7. The zero-order valence-electron chi connectivity index (χ0n) is 21.7. The molecule has 12 heteroatoms. The molecule has 2 aliphatic rings. The van der Waals surface area contributed by atoms with Crippen molar-refractivity contribution in [3.8, 4) is 0 Å². The zero-order valence-corrected chi connectivity index (χ0v) is 24.0. The molecule has 206 valence electrons. The summed E-state index contributed by atoms with van der Waals surface area (Å²) in [5, 5.41) is 7.13. The molecule has 0 radical (unpaired) electrons. The van der Waals surface area contributed by atoms with E-state index in [1.54, 1.807) is 43.9 Å². The third-order valence-corrected chi connectivity index (χ3v) is 8.24. The van der Waals surface area contributed by atoms with Gasteiger partial charge in [0.15, 0.2) is 5.13 Å². The Kier molecular flexibility index (Phi) is 8.74. The van der Waals surface area contributed by atoms with Crippen LogP contribution in [0, 0.1) is 0 Å². The highest BCUT2D eigenvalue weighted by atomic mass is 35.5. The quantitative estimate of drug-likeness (QED) is 0.470. The smallest absolute Gasteiger partial charge is 0.408 e. The van der Waals surface area contributed by atoms with Crippen molar-refractivity contribution in [2.45, 2.75) is 83.0 Å². The van der Waals surface area contributed by atoms with Crippen LogP contribution in [0.15, 0.2) is 18.2 Å². The number of ether oxygens (including phenoxy) is 1. The summed E-state index contributed by atoms with van der Waals surface area (Å²) in [7, 11) is 0. The monoisotopic (exact) mass is 581 g/mol. The highest BCUT2D eigenvalue weighted by molar-refractivity contribution is 7.15. The number of nitrogens with one attached hydrogen (secondary N) is 2. The minimum atomic E-state index is -0.951. The molecule has 2 heterocycles. The number of aryl methyl sites for hydroxylation is 1. The summed E-state index contributed by atoms with van der Waals surface area (Å²) in [6.07, 6.45) is 2.90. The molecule has 0 saturated carbocycles. The molecule has 3 unspecified atom stereocenters. The fraction of sp³-hybridized carbons (Fsp3) is 0.538. The first-order valence-electron chi connectivity index (χ1n) is 12.7. The van der Waals surface area contributed by atoms with Crippen LogP contribution in [-0.4, -0.2) is 58.1 Å². The largest absolute Gasteiger partial charge is 0.444 e. The van der Waals surface area contributed by atoms with Crippen LogP contribution in [0.5, 0.6) is 0 Å². The molecule has 0 bridgehead atoms. The predicted molar refractivity (Wildman–Crippen MR) is 149 cm³/mol. The molecule has 38 heavy (non-hydrogen) atoms. The minimum Gasteiger partial charge on any atom is -0.444 e. The highest BCUT2D eigenvalue weighted by Crippen LogP contribution is 2.29. The van der Waals surface area contributed by atoms with Crippen molar-refractivity contribution < 1.29 is 19.1 Å². The van der Waals surface area contributed by atoms with Crippen LogP contribution in [0.3, 0.4) is 0 Å². The average Bonchev–Trinajstić information content (AvgIpc) is 3.45. The molecular formula is C26H33Cl2N5O4S. The molecule has 0 spiro atoms. The molecule has 1 saturated heterocycles. The molecule has 2 aromatic rings. The lowest BCUT2D eigenvalue weighted by molar-refractivity contribution is -0.140. The maximum absolute atomic E-state index is 13.8. The number of benzene rings is 1. The Hall–Kier alpha value is -2.56. The van der Waals surface area contributed by atoms with Gasteiger partial charge in [-0.25, -0.2) is 9.78 Å². The van der Waals surface area contributed by atoms with E-state index in [0.717, 1.165) is 29.0 Å². The third-order valence-electron chi connectivity index (χ3n) is 6.55. The number of alkyl carbamates (subject to hydrolysis) is 1. The fourth-order valence-electron chi connectivity index (χ4n) is 4.87. The van der Waals surface area contributed by atoms with Crippen LogP contribution in [0.1, 0.15) is 56.2 Å². The van der Waals surface area contributed by atoms with Crippen molar-refractivity contribution in [2.24, 2.45) is 0 Å². The number of thiazole rings is 1. The number of nitrogen functional groups attached to an aromatic ring is 1. The first kappa shape index (κ1) is 28.4. The molecule has 1 aromatic carbocycles. The van der Waals surface area contributed by atoms with Crippen LogP contribution < -0.4 is 16.4 Å². The number of hydrogen-bond acceptors (Lipinski definition) is 7. The van der Waals surface area contributed by atoms with Crippen molar-refractivity contribution in [3.63, 3.8) is 0 Å². The number of halogens is 2. The summed E-state index contributed by atoms with van der Waals surface area (Å²) in [4.78, 5) is 46.8. The van der Waals surface area contributed by atoms with Gasteiger partial charge in [-0.05, 0) is 64.2 Å². The maximum Gasteiger partial charge on any atom is 0.408 e. The summed E-state index contributed by atoms with van der Waals surface area (Å²) in [6, 6.07) is 3.45. The molecule has 1 aliphatic carbocycles. The Labute approximate surface area is 236 Å². The molecule has 4 rings (SSSR count). The van der Waals surface area contributed by atoms with E-state index in [2.05, 4.69) is 15.6 Å². The van der Waals surface area contributed by atoms with Crippen molar-refractivity contribution in [3.05, 3.63) is 44.4 Å². The number of aromatic nitrogens is 1. The van der Waals surface area contributed by atoms with Gasteiger partial charge >= 0.3 is 6.09 Å². The number of carbonyl (C=O) groups is 3. The van der Waals surface area contributed by atoms with Crippen LogP contribution in [0.2, 0.25) is 10.0 Å². The first-order chi connectivity index (χ1) is 17.9. The number of likely N-dealkylation sites (tertiary alicyclic amines) is 1. The van der Waals surface area contributed by atoms with E-state index >= 15 is 0 Å². The Morgan fingerprint density at radius 2 is 2.00 bits per heavy atom. The van der Waals surface area contributed by atoms with Crippen LogP contribution in [0.25, 0.3) is 0 Å². The van der Waals surface area contributed by atoms with Crippen molar-refractivity contribution >= 4 is 57.6 Å². The lowest BCUT2D eigenvalue weighted by Crippen LogP contribution is -2.55. The van der Waals surface area contributed by atoms with Crippen LogP contribution >= 0.6 is 34.5 Å². The Balaban J connectivity index is 1.47. The fourth-order valence-corrected chi connectivity index (χ4v) is 6.15. The Morgan fingerprint density at radius 1 is 1.24 bits per heavy atom. The number of fused-ring (bicyclic) bond motifs is 1. The predicted octanol–water partition coefficient (Wildman–Crippen LogP) is 4.13. The third kappa shape index (κ3) is 7.09. The van der Waals surface area contributed by atoms with E-state index in [1.165, 1.54) is 11.3 Å². The highest BCUT2D eigenvalue weighted by Gasteiger charge is 2.39. The van der Waals surface area contributed by atoms with Crippen molar-refractivity contribution in [1.82, 2.24) is 20.5 Å². The van der Waals surface area contributed by atoms with E-state index < -0.39 is 23.8 Å². The van der Waals surface area contributed by atoms with Crippen molar-refractivity contribution in [2.75, 3.05) is 12.3 Å². The molecular weight excluding hydrogens is 549 g/mol. The van der Waals surface area contributed by atoms with E-state index in [4.69, 9.17) is 33.7 Å². The number of nitrogens with zero attached hydrogens (tertiary/aromatic N) is 2. The van der Waals surface area contributed by atoms with Gasteiger partial charge in [0, 0.05) is 30.3 Å². The second-order valence-electron chi connectivity index (χ2n) is 10.7. The SMILES string of the molecule is CC(C)(C)OC(=O)NC(Cc1ccc(Cl)c(Cl)c1)C(=O)N1CCCC1C(=O)NC1CCc2nc(N)sc2C1. The molecule has 3 atom stereocenters. The lowest BCUT2D eigenvalue weighted by atomic mass is 9.97. The van der Waals surface area contributed by atoms with Crippen LogP contribution in [-0.2, 0) is 33.6 Å². The number of anilines is 1. The van der Waals surface area contributed by atoms with E-state index in [9.17, 15) is 14.4 Å². The van der Waals surface area contributed by atoms with Gasteiger partial charge in [0.1, 0.15) is 17.7 Å². The van der Waals surface area contributed by atoms with Gasteiger partial charge in [0.25, 0.3) is 0 Å². The van der Waals surface area contributed by atoms with Gasteiger partial charge in [-0.3, -0.25) is 9.59 Å². The summed E-state index contributed by atoms with van der Waals surface area (Å²) < 4.78 is 5.41. The normalized spacial score (nSPS) is 20.0. The number of rotatable bonds is 6. The molecule has 9 nitrogen and oxygen atoms in total. The lowest BCUT2D eigenvalue weighted by Gasteiger charge is -2.31. The summed E-state index contributed by atoms with van der Waals surface area (Å²) in [6.45, 7) is 5.67. The Bertz CT molecular complexity index is 1210. The second-order valence-corrected chi connectivity index (χ2v) is 12.6. The number of hydrogen-bond donors (Lipinski definition) is 3. The zero-order chi connectivity index (χ0) is 27.6.